The molecule has 0 N–H and O–H groups in total. The van der Waals surface area contributed by atoms with Crippen molar-refractivity contribution in [1.82, 2.24) is 0 Å². The zero-order valence-corrected chi connectivity index (χ0v) is 22.6. The van der Waals surface area contributed by atoms with Crippen LogP contribution in [0.5, 0.6) is 0 Å². The van der Waals surface area contributed by atoms with Crippen LogP contribution in [-0.2, 0) is 9.16 Å². The normalized spacial score (nSPS) is 13.6. The van der Waals surface area contributed by atoms with Gasteiger partial charge in [0.05, 0.1) is 13.2 Å². The minimum atomic E-state index is -1.62. The topological polar surface area (TPSA) is 18.5 Å². The molecule has 3 heteroatoms. The van der Waals surface area contributed by atoms with E-state index >= 15 is 0 Å². The van der Waals surface area contributed by atoms with Crippen molar-refractivity contribution in [2.45, 2.75) is 110 Å². The molecule has 0 saturated carbocycles. The van der Waals surface area contributed by atoms with Gasteiger partial charge in [0, 0.05) is 6.61 Å². The van der Waals surface area contributed by atoms with Gasteiger partial charge in [0.15, 0.2) is 8.32 Å². The molecule has 31 heavy (non-hydrogen) atoms. The molecule has 0 saturated heterocycles. The van der Waals surface area contributed by atoms with Crippen LogP contribution in [0, 0.1) is 0 Å². The Morgan fingerprint density at radius 3 is 1.58 bits per heavy atom. The van der Waals surface area contributed by atoms with Crippen LogP contribution in [0.2, 0.25) is 18.1 Å². The first-order chi connectivity index (χ1) is 14.8. The Balaban J connectivity index is 3.47. The molecule has 0 aliphatic rings. The molecule has 0 fully saturated rings. The number of hydrogen-bond acceptors (Lipinski definition) is 2. The molecule has 0 unspecified atom stereocenters. The summed E-state index contributed by atoms with van der Waals surface area (Å²) in [7, 11) is -1.62. The van der Waals surface area contributed by atoms with E-state index in [0.717, 1.165) is 51.9 Å². The molecule has 0 atom stereocenters. The van der Waals surface area contributed by atoms with Crippen LogP contribution in [0.15, 0.2) is 48.6 Å². The molecular formula is C28H52O2Si. The summed E-state index contributed by atoms with van der Waals surface area (Å²) in [5.41, 5.74) is 0. The van der Waals surface area contributed by atoms with E-state index in [9.17, 15) is 0 Å². The lowest BCUT2D eigenvalue weighted by molar-refractivity contribution is 0.0930. The predicted molar refractivity (Wildman–Crippen MR) is 142 cm³/mol. The van der Waals surface area contributed by atoms with Crippen LogP contribution >= 0.6 is 0 Å². The molecule has 0 radical (unpaired) electrons. The van der Waals surface area contributed by atoms with Crippen LogP contribution in [0.3, 0.4) is 0 Å². The number of allylic oxidation sites excluding steroid dienone is 8. The highest BCUT2D eigenvalue weighted by Crippen LogP contribution is 2.36. The third kappa shape index (κ3) is 19.5. The molecule has 0 rings (SSSR count). The van der Waals surface area contributed by atoms with Gasteiger partial charge in [-0.2, -0.15) is 0 Å². The molecule has 0 aromatic heterocycles. The SMILES string of the molecule is CCCCC/C=C\C/C=C\C/C=C\C/C=C\CCCCOCCO[Si](C)(C)C(C)(C)C. The third-order valence-corrected chi connectivity index (χ3v) is 10.4. The highest BCUT2D eigenvalue weighted by atomic mass is 28.4. The highest BCUT2D eigenvalue weighted by Gasteiger charge is 2.36. The number of rotatable bonds is 19. The van der Waals surface area contributed by atoms with E-state index in [1.54, 1.807) is 0 Å². The van der Waals surface area contributed by atoms with E-state index in [4.69, 9.17) is 9.16 Å². The Hall–Kier alpha value is -0.903. The zero-order chi connectivity index (χ0) is 23.3. The second-order valence-corrected chi connectivity index (χ2v) is 14.6. The van der Waals surface area contributed by atoms with Gasteiger partial charge in [0.25, 0.3) is 0 Å². The van der Waals surface area contributed by atoms with Gasteiger partial charge in [0.2, 0.25) is 0 Å². The monoisotopic (exact) mass is 448 g/mol. The van der Waals surface area contributed by atoms with Crippen molar-refractivity contribution >= 4 is 8.32 Å². The summed E-state index contributed by atoms with van der Waals surface area (Å²) >= 11 is 0. The van der Waals surface area contributed by atoms with E-state index in [-0.39, 0.29) is 5.04 Å². The summed E-state index contributed by atoms with van der Waals surface area (Å²) in [5, 5.41) is 0.274. The molecule has 2 nitrogen and oxygen atoms in total. The van der Waals surface area contributed by atoms with Gasteiger partial charge in [0.1, 0.15) is 0 Å². The molecule has 0 aromatic rings. The minimum Gasteiger partial charge on any atom is -0.414 e. The summed E-state index contributed by atoms with van der Waals surface area (Å²) in [6.45, 7) is 15.9. The van der Waals surface area contributed by atoms with E-state index in [1.165, 1.54) is 32.1 Å². The third-order valence-electron chi connectivity index (χ3n) is 5.86. The molecule has 0 heterocycles. The predicted octanol–water partition coefficient (Wildman–Crippen LogP) is 9.17. The van der Waals surface area contributed by atoms with E-state index in [2.05, 4.69) is 89.4 Å². The fraction of sp³-hybridized carbons (Fsp3) is 0.714. The van der Waals surface area contributed by atoms with Crippen molar-refractivity contribution in [2.24, 2.45) is 0 Å². The molecule has 0 aliphatic carbocycles. The van der Waals surface area contributed by atoms with Crippen molar-refractivity contribution in [3.8, 4) is 0 Å². The van der Waals surface area contributed by atoms with Gasteiger partial charge in [-0.05, 0) is 69.5 Å². The van der Waals surface area contributed by atoms with Crippen molar-refractivity contribution < 1.29 is 9.16 Å². The fourth-order valence-electron chi connectivity index (χ4n) is 2.70. The summed E-state index contributed by atoms with van der Waals surface area (Å²) < 4.78 is 11.8. The lowest BCUT2D eigenvalue weighted by atomic mass is 10.2. The summed E-state index contributed by atoms with van der Waals surface area (Å²) in [5.74, 6) is 0. The highest BCUT2D eigenvalue weighted by molar-refractivity contribution is 6.74. The lowest BCUT2D eigenvalue weighted by Crippen LogP contribution is -2.41. The molecule has 0 bridgehead atoms. The Labute approximate surface area is 196 Å². The maximum absolute atomic E-state index is 6.12. The summed E-state index contributed by atoms with van der Waals surface area (Å²) in [6, 6.07) is 0. The van der Waals surface area contributed by atoms with Crippen LogP contribution in [0.1, 0.15) is 91.9 Å². The van der Waals surface area contributed by atoms with E-state index in [0.29, 0.717) is 0 Å². The zero-order valence-electron chi connectivity index (χ0n) is 21.6. The Kier molecular flexibility index (Phi) is 19.2. The quantitative estimate of drug-likeness (QED) is 0.111. The van der Waals surface area contributed by atoms with Gasteiger partial charge < -0.3 is 9.16 Å². The van der Waals surface area contributed by atoms with Crippen molar-refractivity contribution in [3.63, 3.8) is 0 Å². The molecule has 0 spiro atoms. The smallest absolute Gasteiger partial charge is 0.192 e. The second-order valence-electron chi connectivity index (χ2n) is 9.81. The minimum absolute atomic E-state index is 0.274. The maximum Gasteiger partial charge on any atom is 0.192 e. The first-order valence-corrected chi connectivity index (χ1v) is 15.5. The van der Waals surface area contributed by atoms with Crippen LogP contribution < -0.4 is 0 Å². The second kappa shape index (κ2) is 19.8. The first-order valence-electron chi connectivity index (χ1n) is 12.6. The van der Waals surface area contributed by atoms with Crippen LogP contribution in [0.4, 0.5) is 0 Å². The van der Waals surface area contributed by atoms with Gasteiger partial charge in [-0.1, -0.05) is 89.1 Å². The van der Waals surface area contributed by atoms with E-state index in [1.807, 2.05) is 0 Å². The van der Waals surface area contributed by atoms with Gasteiger partial charge in [-0.3, -0.25) is 0 Å². The molecule has 180 valence electrons. The molecule has 0 amide bonds. The Bertz CT molecular complexity index is 510. The number of hydrogen-bond donors (Lipinski definition) is 0. The average molecular weight is 449 g/mol. The standard InChI is InChI=1S/C28H52O2Si/c1-7-8-9-10-11-12-13-14-15-16-17-18-19-20-21-22-23-24-25-29-26-27-30-31(5,6)28(2,3)4/h11-12,14-15,17-18,20-21H,7-10,13,16,19,22-27H2,1-6H3/b12-11-,15-14-,18-17-,21-20-. The molecule has 0 aromatic carbocycles. The fourth-order valence-corrected chi connectivity index (χ4v) is 3.73. The van der Waals surface area contributed by atoms with Crippen LogP contribution in [0.25, 0.3) is 0 Å². The van der Waals surface area contributed by atoms with Crippen molar-refractivity contribution in [3.05, 3.63) is 48.6 Å². The maximum atomic E-state index is 6.12. The lowest BCUT2D eigenvalue weighted by Gasteiger charge is -2.36. The summed E-state index contributed by atoms with van der Waals surface area (Å²) in [6.07, 6.45) is 30.0. The Morgan fingerprint density at radius 1 is 0.613 bits per heavy atom. The average Bonchev–Trinajstić information content (AvgIpc) is 2.71. The van der Waals surface area contributed by atoms with Gasteiger partial charge in [-0.25, -0.2) is 0 Å². The van der Waals surface area contributed by atoms with Gasteiger partial charge >= 0.3 is 0 Å². The first kappa shape index (κ1) is 30.1. The summed E-state index contributed by atoms with van der Waals surface area (Å²) in [4.78, 5) is 0. The number of unbranched alkanes of at least 4 members (excludes halogenated alkanes) is 5. The van der Waals surface area contributed by atoms with Gasteiger partial charge in [-0.15, -0.1) is 0 Å². The molecule has 0 aliphatic heterocycles. The van der Waals surface area contributed by atoms with E-state index < -0.39 is 8.32 Å². The number of ether oxygens (including phenoxy) is 1. The molecular weight excluding hydrogens is 396 g/mol. The Morgan fingerprint density at radius 2 is 1.10 bits per heavy atom. The van der Waals surface area contributed by atoms with Crippen LogP contribution in [-0.4, -0.2) is 28.1 Å². The van der Waals surface area contributed by atoms with Crippen molar-refractivity contribution in [1.29, 1.82) is 0 Å². The van der Waals surface area contributed by atoms with Crippen molar-refractivity contribution in [2.75, 3.05) is 19.8 Å². The largest absolute Gasteiger partial charge is 0.414 e.